The van der Waals surface area contributed by atoms with Crippen LogP contribution in [0, 0.1) is 0 Å². The van der Waals surface area contributed by atoms with Gasteiger partial charge in [0.1, 0.15) is 0 Å². The SMILES string of the molecule is CC(=O)C(=NNc1ccc(N(C)C)cc1)C(C)=O. The molecule has 0 radical (unpaired) electrons. The van der Waals surface area contributed by atoms with Gasteiger partial charge in [0.25, 0.3) is 0 Å². The molecule has 1 aromatic carbocycles. The number of anilines is 2. The molecule has 0 bridgehead atoms. The molecule has 0 atom stereocenters. The van der Waals surface area contributed by atoms with E-state index in [-0.39, 0.29) is 17.3 Å². The maximum atomic E-state index is 11.2. The van der Waals surface area contributed by atoms with E-state index < -0.39 is 0 Å². The Balaban J connectivity index is 2.82. The minimum Gasteiger partial charge on any atom is -0.378 e. The van der Waals surface area contributed by atoms with Crippen molar-refractivity contribution in [3.63, 3.8) is 0 Å². The number of hydrogen-bond acceptors (Lipinski definition) is 5. The first-order chi connectivity index (χ1) is 8.41. The zero-order valence-electron chi connectivity index (χ0n) is 11.0. The van der Waals surface area contributed by atoms with Crippen molar-refractivity contribution in [1.29, 1.82) is 0 Å². The highest BCUT2D eigenvalue weighted by molar-refractivity contribution is 6.65. The highest BCUT2D eigenvalue weighted by Gasteiger charge is 2.11. The summed E-state index contributed by atoms with van der Waals surface area (Å²) >= 11 is 0. The Labute approximate surface area is 106 Å². The molecule has 5 heteroatoms. The summed E-state index contributed by atoms with van der Waals surface area (Å²) in [5, 5.41) is 3.82. The number of nitrogens with zero attached hydrogens (tertiary/aromatic N) is 2. The molecule has 0 aliphatic carbocycles. The van der Waals surface area contributed by atoms with Crippen molar-refractivity contribution in [3.8, 4) is 0 Å². The highest BCUT2D eigenvalue weighted by Crippen LogP contribution is 2.15. The van der Waals surface area contributed by atoms with Gasteiger partial charge in [0, 0.05) is 33.6 Å². The smallest absolute Gasteiger partial charge is 0.183 e. The zero-order chi connectivity index (χ0) is 13.7. The van der Waals surface area contributed by atoms with Gasteiger partial charge in [-0.05, 0) is 24.3 Å². The normalized spacial score (nSPS) is 9.56. The average molecular weight is 247 g/mol. The molecule has 0 spiro atoms. The van der Waals surface area contributed by atoms with Crippen LogP contribution >= 0.6 is 0 Å². The molecular formula is C13H17N3O2. The molecule has 0 saturated heterocycles. The van der Waals surface area contributed by atoms with Gasteiger partial charge in [0.15, 0.2) is 17.3 Å². The van der Waals surface area contributed by atoms with Crippen LogP contribution in [0.5, 0.6) is 0 Å². The first-order valence-electron chi connectivity index (χ1n) is 5.54. The first-order valence-corrected chi connectivity index (χ1v) is 5.54. The van der Waals surface area contributed by atoms with Gasteiger partial charge in [-0.2, -0.15) is 5.10 Å². The quantitative estimate of drug-likeness (QED) is 0.488. The van der Waals surface area contributed by atoms with Gasteiger partial charge < -0.3 is 4.90 Å². The number of hydrogen-bond donors (Lipinski definition) is 1. The third-order valence-corrected chi connectivity index (χ3v) is 2.35. The molecular weight excluding hydrogens is 230 g/mol. The van der Waals surface area contributed by atoms with E-state index >= 15 is 0 Å². The third kappa shape index (κ3) is 3.69. The fourth-order valence-corrected chi connectivity index (χ4v) is 1.36. The molecule has 5 nitrogen and oxygen atoms in total. The summed E-state index contributed by atoms with van der Waals surface area (Å²) in [7, 11) is 3.90. The Kier molecular flexibility index (Phi) is 4.59. The minimum absolute atomic E-state index is 0.0771. The van der Waals surface area contributed by atoms with Gasteiger partial charge in [0.05, 0.1) is 5.69 Å². The summed E-state index contributed by atoms with van der Waals surface area (Å²) < 4.78 is 0. The number of benzene rings is 1. The van der Waals surface area contributed by atoms with Crippen molar-refractivity contribution in [3.05, 3.63) is 24.3 Å². The Morgan fingerprint density at radius 3 is 1.94 bits per heavy atom. The fraction of sp³-hybridized carbons (Fsp3) is 0.308. The molecule has 0 fully saturated rings. The Morgan fingerprint density at radius 1 is 1.06 bits per heavy atom. The van der Waals surface area contributed by atoms with Crippen LogP contribution in [0.1, 0.15) is 13.8 Å². The molecule has 1 rings (SSSR count). The van der Waals surface area contributed by atoms with Crippen LogP contribution < -0.4 is 10.3 Å². The summed E-state index contributed by atoms with van der Waals surface area (Å²) in [6.07, 6.45) is 0. The van der Waals surface area contributed by atoms with Gasteiger partial charge in [-0.1, -0.05) is 0 Å². The molecule has 0 aliphatic heterocycles. The van der Waals surface area contributed by atoms with Crippen molar-refractivity contribution in [2.75, 3.05) is 24.4 Å². The lowest BCUT2D eigenvalue weighted by molar-refractivity contribution is -0.114. The lowest BCUT2D eigenvalue weighted by atomic mass is 10.2. The van der Waals surface area contributed by atoms with E-state index in [1.54, 1.807) is 0 Å². The fourth-order valence-electron chi connectivity index (χ4n) is 1.36. The van der Waals surface area contributed by atoms with E-state index in [4.69, 9.17) is 0 Å². The molecule has 0 saturated carbocycles. The average Bonchev–Trinajstić information content (AvgIpc) is 2.28. The number of ketones is 2. The van der Waals surface area contributed by atoms with Crippen molar-refractivity contribution < 1.29 is 9.59 Å². The number of carbonyl (C=O) groups excluding carboxylic acids is 2. The largest absolute Gasteiger partial charge is 0.378 e. The standard InChI is InChI=1S/C13H17N3O2/c1-9(17)13(10(2)18)15-14-11-5-7-12(8-6-11)16(3)4/h5-8,14H,1-4H3. The van der Waals surface area contributed by atoms with Crippen LogP contribution in [-0.4, -0.2) is 31.4 Å². The van der Waals surface area contributed by atoms with E-state index in [0.717, 1.165) is 11.4 Å². The number of Topliss-reactive ketones (excluding diaryl/α,β-unsaturated/α-hetero) is 2. The zero-order valence-corrected chi connectivity index (χ0v) is 11.0. The molecule has 0 unspecified atom stereocenters. The second kappa shape index (κ2) is 5.95. The van der Waals surface area contributed by atoms with Crippen LogP contribution in [0.15, 0.2) is 29.4 Å². The summed E-state index contributed by atoms with van der Waals surface area (Å²) in [5.41, 5.74) is 4.41. The molecule has 0 aliphatic rings. The van der Waals surface area contributed by atoms with Gasteiger partial charge in [-0.25, -0.2) is 0 Å². The lowest BCUT2D eigenvalue weighted by Crippen LogP contribution is -2.20. The highest BCUT2D eigenvalue weighted by atomic mass is 16.1. The minimum atomic E-state index is -0.347. The monoisotopic (exact) mass is 247 g/mol. The maximum absolute atomic E-state index is 11.2. The Bertz CT molecular complexity index is 460. The van der Waals surface area contributed by atoms with E-state index in [0.29, 0.717) is 0 Å². The maximum Gasteiger partial charge on any atom is 0.183 e. The summed E-state index contributed by atoms with van der Waals surface area (Å²) in [5.74, 6) is -0.695. The van der Waals surface area contributed by atoms with Gasteiger partial charge in [-0.15, -0.1) is 0 Å². The van der Waals surface area contributed by atoms with Gasteiger partial charge in [-0.3, -0.25) is 15.0 Å². The van der Waals surface area contributed by atoms with Crippen molar-refractivity contribution >= 4 is 28.7 Å². The molecule has 0 aromatic heterocycles. The van der Waals surface area contributed by atoms with E-state index in [1.807, 2.05) is 43.3 Å². The number of nitrogens with one attached hydrogen (secondary N) is 1. The van der Waals surface area contributed by atoms with Crippen LogP contribution in [0.4, 0.5) is 11.4 Å². The molecule has 1 N–H and O–H groups in total. The number of carbonyl (C=O) groups is 2. The molecule has 0 heterocycles. The Hall–Kier alpha value is -2.17. The predicted octanol–water partition coefficient (Wildman–Crippen LogP) is 1.70. The predicted molar refractivity (Wildman–Crippen MR) is 73.2 cm³/mol. The topological polar surface area (TPSA) is 61.8 Å². The second-order valence-corrected chi connectivity index (χ2v) is 4.13. The van der Waals surface area contributed by atoms with Gasteiger partial charge >= 0.3 is 0 Å². The summed E-state index contributed by atoms with van der Waals surface area (Å²) in [6, 6.07) is 7.49. The summed E-state index contributed by atoms with van der Waals surface area (Å²) in [4.78, 5) is 24.3. The van der Waals surface area contributed by atoms with Gasteiger partial charge in [0.2, 0.25) is 0 Å². The molecule has 0 amide bonds. The van der Waals surface area contributed by atoms with Crippen LogP contribution in [0.25, 0.3) is 0 Å². The molecule has 1 aromatic rings. The van der Waals surface area contributed by atoms with Crippen LogP contribution in [-0.2, 0) is 9.59 Å². The number of hydrazone groups is 1. The van der Waals surface area contributed by atoms with Crippen LogP contribution in [0.2, 0.25) is 0 Å². The third-order valence-electron chi connectivity index (χ3n) is 2.35. The van der Waals surface area contributed by atoms with E-state index in [1.165, 1.54) is 13.8 Å². The molecule has 96 valence electrons. The second-order valence-electron chi connectivity index (χ2n) is 4.13. The lowest BCUT2D eigenvalue weighted by Gasteiger charge is -2.12. The van der Waals surface area contributed by atoms with E-state index in [2.05, 4.69) is 10.5 Å². The summed E-state index contributed by atoms with van der Waals surface area (Å²) in [6.45, 7) is 2.63. The van der Waals surface area contributed by atoms with Crippen LogP contribution in [0.3, 0.4) is 0 Å². The Morgan fingerprint density at radius 2 is 1.56 bits per heavy atom. The van der Waals surface area contributed by atoms with E-state index in [9.17, 15) is 9.59 Å². The van der Waals surface area contributed by atoms with Crippen molar-refractivity contribution in [2.24, 2.45) is 5.10 Å². The first kappa shape index (κ1) is 13.9. The van der Waals surface area contributed by atoms with Crippen molar-refractivity contribution in [2.45, 2.75) is 13.8 Å². The molecule has 18 heavy (non-hydrogen) atoms. The number of rotatable bonds is 5. The van der Waals surface area contributed by atoms with Crippen molar-refractivity contribution in [1.82, 2.24) is 0 Å².